The van der Waals surface area contributed by atoms with Crippen LogP contribution in [0.4, 0.5) is 17.1 Å². The second-order valence-electron chi connectivity index (χ2n) is 5.52. The zero-order valence-corrected chi connectivity index (χ0v) is 12.9. The summed E-state index contributed by atoms with van der Waals surface area (Å²) in [5.74, 6) is 0. The lowest BCUT2D eigenvalue weighted by Crippen LogP contribution is -1.97. The largest absolute Gasteiger partial charge is 0.361 e. The topological polar surface area (TPSA) is 108 Å². The SMILES string of the molecule is N#Cc1cnc2ccc([N+](=O)[O-])cc2c1Nc1ccc2[nH]ccc2c1. The van der Waals surface area contributed by atoms with Crippen molar-refractivity contribution in [1.29, 1.82) is 5.26 Å². The van der Waals surface area contributed by atoms with Gasteiger partial charge >= 0.3 is 0 Å². The maximum absolute atomic E-state index is 11.1. The normalized spacial score (nSPS) is 10.7. The van der Waals surface area contributed by atoms with Crippen molar-refractivity contribution in [3.8, 4) is 6.07 Å². The Hall–Kier alpha value is -3.92. The van der Waals surface area contributed by atoms with Crippen LogP contribution in [-0.4, -0.2) is 14.9 Å². The van der Waals surface area contributed by atoms with Crippen LogP contribution >= 0.6 is 0 Å². The number of nitriles is 1. The molecule has 2 aromatic heterocycles. The number of non-ortho nitro benzene ring substituents is 1. The molecule has 0 fully saturated rings. The van der Waals surface area contributed by atoms with Gasteiger partial charge in [0.05, 0.1) is 21.7 Å². The molecule has 120 valence electrons. The van der Waals surface area contributed by atoms with E-state index in [2.05, 4.69) is 21.4 Å². The van der Waals surface area contributed by atoms with Crippen LogP contribution in [0.5, 0.6) is 0 Å². The standard InChI is InChI=1S/C18H11N5O2/c19-9-12-10-21-17-4-2-14(23(24)25)8-15(17)18(12)22-13-1-3-16-11(7-13)5-6-20-16/h1-8,10,20H,(H,21,22). The van der Waals surface area contributed by atoms with Gasteiger partial charge in [0.15, 0.2) is 0 Å². The maximum Gasteiger partial charge on any atom is 0.270 e. The van der Waals surface area contributed by atoms with E-state index < -0.39 is 4.92 Å². The average Bonchev–Trinajstić information content (AvgIpc) is 3.09. The van der Waals surface area contributed by atoms with Gasteiger partial charge in [0.25, 0.3) is 5.69 Å². The van der Waals surface area contributed by atoms with E-state index in [1.54, 1.807) is 6.07 Å². The smallest absolute Gasteiger partial charge is 0.270 e. The third-order valence-corrected chi connectivity index (χ3v) is 4.01. The van der Waals surface area contributed by atoms with E-state index in [0.29, 0.717) is 22.2 Å². The molecule has 0 saturated heterocycles. The minimum atomic E-state index is -0.464. The highest BCUT2D eigenvalue weighted by molar-refractivity contribution is 5.97. The fraction of sp³-hybridized carbons (Fsp3) is 0. The van der Waals surface area contributed by atoms with Crippen molar-refractivity contribution >= 4 is 38.9 Å². The molecule has 0 saturated carbocycles. The number of H-pyrrole nitrogens is 1. The van der Waals surface area contributed by atoms with E-state index in [4.69, 9.17) is 0 Å². The summed E-state index contributed by atoms with van der Waals surface area (Å²) >= 11 is 0. The molecule has 0 radical (unpaired) electrons. The van der Waals surface area contributed by atoms with Gasteiger partial charge in [-0.2, -0.15) is 5.26 Å². The number of nitro benzene ring substituents is 1. The number of anilines is 2. The quantitative estimate of drug-likeness (QED) is 0.432. The molecule has 0 aliphatic carbocycles. The number of nitrogens with zero attached hydrogens (tertiary/aromatic N) is 3. The summed E-state index contributed by atoms with van der Waals surface area (Å²) in [6, 6.07) is 14.2. The first-order valence-corrected chi connectivity index (χ1v) is 7.47. The van der Waals surface area contributed by atoms with Crippen molar-refractivity contribution in [3.05, 3.63) is 70.5 Å². The van der Waals surface area contributed by atoms with Crippen molar-refractivity contribution < 1.29 is 4.92 Å². The van der Waals surface area contributed by atoms with Crippen LogP contribution in [-0.2, 0) is 0 Å². The second-order valence-corrected chi connectivity index (χ2v) is 5.52. The average molecular weight is 329 g/mol. The lowest BCUT2D eigenvalue weighted by atomic mass is 10.1. The molecule has 4 aromatic rings. The highest BCUT2D eigenvalue weighted by Gasteiger charge is 2.14. The molecule has 7 nitrogen and oxygen atoms in total. The van der Waals surface area contributed by atoms with Crippen molar-refractivity contribution in [2.45, 2.75) is 0 Å². The second kappa shape index (κ2) is 5.62. The molecular weight excluding hydrogens is 318 g/mol. The van der Waals surface area contributed by atoms with E-state index in [0.717, 1.165) is 16.6 Å². The van der Waals surface area contributed by atoms with Gasteiger partial charge in [0.1, 0.15) is 6.07 Å². The zero-order valence-electron chi connectivity index (χ0n) is 12.9. The highest BCUT2D eigenvalue weighted by atomic mass is 16.6. The van der Waals surface area contributed by atoms with Crippen molar-refractivity contribution in [3.63, 3.8) is 0 Å². The Morgan fingerprint density at radius 3 is 2.88 bits per heavy atom. The highest BCUT2D eigenvalue weighted by Crippen LogP contribution is 2.32. The lowest BCUT2D eigenvalue weighted by molar-refractivity contribution is -0.384. The molecular formula is C18H11N5O2. The van der Waals surface area contributed by atoms with Crippen molar-refractivity contribution in [1.82, 2.24) is 9.97 Å². The summed E-state index contributed by atoms with van der Waals surface area (Å²) < 4.78 is 0. The molecule has 25 heavy (non-hydrogen) atoms. The van der Waals surface area contributed by atoms with Crippen LogP contribution in [0.1, 0.15) is 5.56 Å². The van der Waals surface area contributed by atoms with Crippen molar-refractivity contribution in [2.75, 3.05) is 5.32 Å². The number of fused-ring (bicyclic) bond motifs is 2. The van der Waals surface area contributed by atoms with Gasteiger partial charge in [0, 0.05) is 46.5 Å². The first-order chi connectivity index (χ1) is 12.2. The van der Waals surface area contributed by atoms with Crippen LogP contribution in [0.25, 0.3) is 21.8 Å². The van der Waals surface area contributed by atoms with E-state index in [-0.39, 0.29) is 5.69 Å². The summed E-state index contributed by atoms with van der Waals surface area (Å²) in [7, 11) is 0. The molecule has 0 amide bonds. The number of nitrogens with one attached hydrogen (secondary N) is 2. The molecule has 0 spiro atoms. The van der Waals surface area contributed by atoms with Crippen LogP contribution in [0.3, 0.4) is 0 Å². The summed E-state index contributed by atoms with van der Waals surface area (Å²) in [4.78, 5) is 17.9. The van der Waals surface area contributed by atoms with Gasteiger partial charge in [-0.05, 0) is 30.3 Å². The summed E-state index contributed by atoms with van der Waals surface area (Å²) in [5.41, 5.74) is 3.14. The Morgan fingerprint density at radius 1 is 1.20 bits per heavy atom. The Balaban J connectivity index is 1.89. The van der Waals surface area contributed by atoms with E-state index >= 15 is 0 Å². The minimum Gasteiger partial charge on any atom is -0.361 e. The third-order valence-electron chi connectivity index (χ3n) is 4.01. The van der Waals surface area contributed by atoms with E-state index in [1.807, 2.05) is 30.5 Å². The molecule has 2 N–H and O–H groups in total. The Kier molecular flexibility index (Phi) is 3.29. The number of hydrogen-bond donors (Lipinski definition) is 2. The molecule has 0 unspecified atom stereocenters. The Bertz CT molecular complexity index is 1170. The predicted octanol–water partition coefficient (Wildman–Crippen LogP) is 4.24. The van der Waals surface area contributed by atoms with E-state index in [1.165, 1.54) is 18.3 Å². The Labute approximate surface area is 141 Å². The number of rotatable bonds is 3. The minimum absolute atomic E-state index is 0.0477. The van der Waals surface area contributed by atoms with Gasteiger partial charge in [-0.3, -0.25) is 15.1 Å². The number of nitro groups is 1. The van der Waals surface area contributed by atoms with Crippen molar-refractivity contribution in [2.24, 2.45) is 0 Å². The first-order valence-electron chi connectivity index (χ1n) is 7.47. The zero-order chi connectivity index (χ0) is 17.4. The Morgan fingerprint density at radius 2 is 2.08 bits per heavy atom. The molecule has 4 rings (SSSR count). The monoisotopic (exact) mass is 329 g/mol. The predicted molar refractivity (Wildman–Crippen MR) is 94.7 cm³/mol. The fourth-order valence-electron chi connectivity index (χ4n) is 2.79. The van der Waals surface area contributed by atoms with Crippen LogP contribution < -0.4 is 5.32 Å². The van der Waals surface area contributed by atoms with Gasteiger partial charge in [-0.25, -0.2) is 0 Å². The van der Waals surface area contributed by atoms with Gasteiger partial charge in [-0.1, -0.05) is 0 Å². The number of aromatic amines is 1. The van der Waals surface area contributed by atoms with Gasteiger partial charge in [-0.15, -0.1) is 0 Å². The van der Waals surface area contributed by atoms with Gasteiger partial charge < -0.3 is 10.3 Å². The molecule has 7 heteroatoms. The first kappa shape index (κ1) is 14.7. The molecule has 2 heterocycles. The van der Waals surface area contributed by atoms with E-state index in [9.17, 15) is 15.4 Å². The fourth-order valence-corrected chi connectivity index (χ4v) is 2.79. The number of hydrogen-bond acceptors (Lipinski definition) is 5. The summed E-state index contributed by atoms with van der Waals surface area (Å²) in [6.07, 6.45) is 3.31. The third kappa shape index (κ3) is 2.52. The number of pyridine rings is 1. The summed E-state index contributed by atoms with van der Waals surface area (Å²) in [6.45, 7) is 0. The maximum atomic E-state index is 11.1. The number of aromatic nitrogens is 2. The molecule has 0 aliphatic rings. The molecule has 0 bridgehead atoms. The van der Waals surface area contributed by atoms with Crippen LogP contribution in [0.15, 0.2) is 54.9 Å². The number of benzene rings is 2. The molecule has 0 atom stereocenters. The molecule has 2 aromatic carbocycles. The summed E-state index contributed by atoms with van der Waals surface area (Å²) in [5, 5.41) is 25.3. The molecule has 0 aliphatic heterocycles. The lowest BCUT2D eigenvalue weighted by Gasteiger charge is -2.11. The van der Waals surface area contributed by atoms with Gasteiger partial charge in [0.2, 0.25) is 0 Å². The van der Waals surface area contributed by atoms with Crippen LogP contribution in [0, 0.1) is 21.4 Å². The van der Waals surface area contributed by atoms with Crippen LogP contribution in [0.2, 0.25) is 0 Å².